The molecule has 2 aliphatic heterocycles. The number of amides is 3. The largest absolute Gasteiger partial charge is 0.493 e. The summed E-state index contributed by atoms with van der Waals surface area (Å²) in [5, 5.41) is 11.7. The van der Waals surface area contributed by atoms with Crippen LogP contribution in [0.15, 0.2) is 41.4 Å². The molecule has 0 saturated carbocycles. The molecule has 230 valence electrons. The molecule has 1 aromatic heterocycles. The second-order valence-corrected chi connectivity index (χ2v) is 10.6. The number of rotatable bonds is 10. The van der Waals surface area contributed by atoms with E-state index in [1.54, 1.807) is 26.0 Å². The van der Waals surface area contributed by atoms with Crippen molar-refractivity contribution in [1.82, 2.24) is 14.6 Å². The summed E-state index contributed by atoms with van der Waals surface area (Å²) in [6.07, 6.45) is 5.19. The lowest BCUT2D eigenvalue weighted by Crippen LogP contribution is -2.43. The summed E-state index contributed by atoms with van der Waals surface area (Å²) < 4.78 is 12.8. The fourth-order valence-electron chi connectivity index (χ4n) is 5.16. The van der Waals surface area contributed by atoms with Gasteiger partial charge in [0.15, 0.2) is 11.5 Å². The minimum atomic E-state index is -1.07. The van der Waals surface area contributed by atoms with E-state index in [1.165, 1.54) is 36.1 Å². The van der Waals surface area contributed by atoms with E-state index in [4.69, 9.17) is 14.6 Å². The third-order valence-electron chi connectivity index (χ3n) is 7.69. The molecule has 2 aromatic carbocycles. The van der Waals surface area contributed by atoms with Gasteiger partial charge in [0.05, 0.1) is 48.0 Å². The Labute approximate surface area is 253 Å². The fourth-order valence-corrected chi connectivity index (χ4v) is 5.16. The zero-order valence-electron chi connectivity index (χ0n) is 24.8. The fraction of sp³-hybridized carbons (Fsp3) is 0.355. The maximum Gasteiger partial charge on any atom is 0.335 e. The number of ether oxygens (including phenoxy) is 2. The van der Waals surface area contributed by atoms with Crippen LogP contribution in [0.4, 0.5) is 11.4 Å². The molecule has 0 radical (unpaired) electrons. The number of hydrogen-bond acceptors (Lipinski definition) is 8. The first-order valence-corrected chi connectivity index (χ1v) is 14.4. The van der Waals surface area contributed by atoms with Crippen LogP contribution in [0.3, 0.4) is 0 Å². The Balaban J connectivity index is 1.19. The van der Waals surface area contributed by atoms with Crippen LogP contribution in [-0.2, 0) is 4.79 Å². The summed E-state index contributed by atoms with van der Waals surface area (Å²) in [5.41, 5.74) is 5.33. The highest BCUT2D eigenvalue weighted by molar-refractivity contribution is 6.04. The number of methoxy groups -OCH3 is 1. The lowest BCUT2D eigenvalue weighted by molar-refractivity contribution is -0.117. The standard InChI is InChI=1S/C31H34N6O7/c1-18-19(2)37(28(33-18)29(39)34-21-11-9-20(10-12-21)31(41)42)35-27(38)8-6-14-44-26-16-24-23(15-25(26)43-3)30(40)36-13-5-4-7-22(36)17-32-24/h9-12,15-17,22H,4-8,13-14H2,1-3H3,(H,34,39)(H,35,38)(H,41,42). The number of fused-ring (bicyclic) bond motifs is 2. The van der Waals surface area contributed by atoms with Crippen LogP contribution in [0.5, 0.6) is 11.5 Å². The molecule has 1 saturated heterocycles. The molecule has 1 unspecified atom stereocenters. The van der Waals surface area contributed by atoms with E-state index in [-0.39, 0.29) is 42.3 Å². The summed E-state index contributed by atoms with van der Waals surface area (Å²) in [7, 11) is 1.50. The Kier molecular flexibility index (Phi) is 8.93. The Morgan fingerprint density at radius 2 is 1.86 bits per heavy atom. The number of nitrogens with zero attached hydrogens (tertiary/aromatic N) is 4. The van der Waals surface area contributed by atoms with Crippen molar-refractivity contribution >= 4 is 41.3 Å². The Morgan fingerprint density at radius 3 is 2.59 bits per heavy atom. The van der Waals surface area contributed by atoms with Crippen molar-refractivity contribution in [1.29, 1.82) is 0 Å². The molecule has 0 bridgehead atoms. The molecule has 44 heavy (non-hydrogen) atoms. The molecule has 0 spiro atoms. The lowest BCUT2D eigenvalue weighted by atomic mass is 10.0. The number of piperidine rings is 1. The smallest absolute Gasteiger partial charge is 0.335 e. The van der Waals surface area contributed by atoms with Crippen LogP contribution in [0.2, 0.25) is 0 Å². The van der Waals surface area contributed by atoms with Gasteiger partial charge in [-0.2, -0.15) is 0 Å². The first kappa shape index (κ1) is 30.3. The average molecular weight is 603 g/mol. The van der Waals surface area contributed by atoms with Gasteiger partial charge in [0, 0.05) is 30.9 Å². The number of carbonyl (C=O) groups is 4. The first-order chi connectivity index (χ1) is 21.2. The van der Waals surface area contributed by atoms with Crippen LogP contribution in [-0.4, -0.2) is 75.9 Å². The van der Waals surface area contributed by atoms with Crippen LogP contribution in [0.25, 0.3) is 0 Å². The highest BCUT2D eigenvalue weighted by Gasteiger charge is 2.31. The third-order valence-corrected chi connectivity index (χ3v) is 7.69. The molecular weight excluding hydrogens is 568 g/mol. The molecule has 1 fully saturated rings. The summed E-state index contributed by atoms with van der Waals surface area (Å²) in [6, 6.07) is 9.04. The van der Waals surface area contributed by atoms with Gasteiger partial charge in [0.25, 0.3) is 11.8 Å². The molecule has 0 aliphatic carbocycles. The van der Waals surface area contributed by atoms with Crippen molar-refractivity contribution in [3.05, 3.63) is 64.7 Å². The number of anilines is 1. The molecular formula is C31H34N6O7. The molecule has 5 rings (SSSR count). The number of aliphatic imine (C=N–C) groups is 1. The second-order valence-electron chi connectivity index (χ2n) is 10.6. The summed E-state index contributed by atoms with van der Waals surface area (Å²) in [5.74, 6) is -1.25. The SMILES string of the molecule is COc1cc2c(cc1OCCCC(=O)Nn1c(C(=O)Nc3ccc(C(=O)O)cc3)nc(C)c1C)N=CC1CCCCN1C2=O. The molecule has 3 N–H and O–H groups in total. The van der Waals surface area contributed by atoms with E-state index in [1.807, 2.05) is 11.1 Å². The number of carbonyl (C=O) groups excluding carboxylic acids is 3. The number of hydrogen-bond donors (Lipinski definition) is 3. The van der Waals surface area contributed by atoms with Gasteiger partial charge in [-0.1, -0.05) is 0 Å². The third kappa shape index (κ3) is 6.41. The predicted octanol–water partition coefficient (Wildman–Crippen LogP) is 4.10. The van der Waals surface area contributed by atoms with Gasteiger partial charge >= 0.3 is 5.97 Å². The minimum absolute atomic E-state index is 0.0163. The zero-order chi connectivity index (χ0) is 31.4. The maximum atomic E-state index is 13.2. The second kappa shape index (κ2) is 13.0. The lowest BCUT2D eigenvalue weighted by Gasteiger charge is -2.32. The highest BCUT2D eigenvalue weighted by Crippen LogP contribution is 2.38. The molecule has 13 heteroatoms. The Morgan fingerprint density at radius 1 is 1.09 bits per heavy atom. The van der Waals surface area contributed by atoms with Gasteiger partial charge in [-0.25, -0.2) is 14.5 Å². The quantitative estimate of drug-likeness (QED) is 0.292. The number of benzene rings is 2. The molecule has 3 amide bonds. The molecule has 3 aromatic rings. The number of aromatic nitrogens is 2. The summed E-state index contributed by atoms with van der Waals surface area (Å²) in [4.78, 5) is 60.8. The van der Waals surface area contributed by atoms with E-state index in [0.29, 0.717) is 52.8 Å². The van der Waals surface area contributed by atoms with E-state index in [9.17, 15) is 19.2 Å². The van der Waals surface area contributed by atoms with Gasteiger partial charge in [-0.15, -0.1) is 0 Å². The van der Waals surface area contributed by atoms with Gasteiger partial charge < -0.3 is 24.8 Å². The molecule has 13 nitrogen and oxygen atoms in total. The van der Waals surface area contributed by atoms with Crippen LogP contribution in [0, 0.1) is 13.8 Å². The predicted molar refractivity (Wildman–Crippen MR) is 162 cm³/mol. The molecule has 1 atom stereocenters. The Bertz CT molecular complexity index is 1630. The first-order valence-electron chi connectivity index (χ1n) is 14.4. The van der Waals surface area contributed by atoms with Gasteiger partial charge in [0.2, 0.25) is 11.7 Å². The van der Waals surface area contributed by atoms with Crippen LogP contribution < -0.4 is 20.2 Å². The average Bonchev–Trinajstić information content (AvgIpc) is 3.22. The summed E-state index contributed by atoms with van der Waals surface area (Å²) in [6.45, 7) is 4.34. The van der Waals surface area contributed by atoms with Crippen molar-refractivity contribution < 1.29 is 33.8 Å². The van der Waals surface area contributed by atoms with Crippen molar-refractivity contribution in [2.24, 2.45) is 4.99 Å². The van der Waals surface area contributed by atoms with E-state index >= 15 is 0 Å². The number of aryl methyl sites for hydroxylation is 1. The normalized spacial score (nSPS) is 15.6. The van der Waals surface area contributed by atoms with Gasteiger partial charge in [-0.05, 0) is 69.9 Å². The Hall–Kier alpha value is -5.20. The van der Waals surface area contributed by atoms with Crippen molar-refractivity contribution in [3.8, 4) is 11.5 Å². The molecule has 2 aliphatic rings. The van der Waals surface area contributed by atoms with Gasteiger partial charge in [0.1, 0.15) is 0 Å². The van der Waals surface area contributed by atoms with Crippen molar-refractivity contribution in [2.45, 2.75) is 52.0 Å². The topological polar surface area (TPSA) is 164 Å². The van der Waals surface area contributed by atoms with Crippen LogP contribution >= 0.6 is 0 Å². The van der Waals surface area contributed by atoms with Gasteiger partial charge in [-0.3, -0.25) is 24.8 Å². The number of aromatic carboxylic acids is 1. The van der Waals surface area contributed by atoms with E-state index < -0.39 is 11.9 Å². The van der Waals surface area contributed by atoms with E-state index in [2.05, 4.69) is 20.7 Å². The maximum absolute atomic E-state index is 13.2. The summed E-state index contributed by atoms with van der Waals surface area (Å²) >= 11 is 0. The van der Waals surface area contributed by atoms with Crippen molar-refractivity contribution in [2.75, 3.05) is 31.0 Å². The van der Waals surface area contributed by atoms with E-state index in [0.717, 1.165) is 19.3 Å². The highest BCUT2D eigenvalue weighted by atomic mass is 16.5. The number of carboxylic acid groups (broad SMARTS) is 1. The van der Waals surface area contributed by atoms with Crippen molar-refractivity contribution in [3.63, 3.8) is 0 Å². The minimum Gasteiger partial charge on any atom is -0.493 e. The monoisotopic (exact) mass is 602 g/mol. The molecule has 3 heterocycles. The number of carboxylic acids is 1. The number of imidazole rings is 1. The number of nitrogens with one attached hydrogen (secondary N) is 2. The van der Waals surface area contributed by atoms with Crippen LogP contribution in [0.1, 0.15) is 74.8 Å². The zero-order valence-corrected chi connectivity index (χ0v) is 24.8.